The van der Waals surface area contributed by atoms with Gasteiger partial charge in [0.05, 0.1) is 11.8 Å². The molecule has 0 unspecified atom stereocenters. The number of carbonyl (C=O) groups is 2. The van der Waals surface area contributed by atoms with Crippen LogP contribution in [0.1, 0.15) is 46.7 Å². The fourth-order valence-electron chi connectivity index (χ4n) is 3.29. The number of carbonyl (C=O) groups excluding carboxylic acids is 1. The molecule has 28 heavy (non-hydrogen) atoms. The highest BCUT2D eigenvalue weighted by Crippen LogP contribution is 2.43. The van der Waals surface area contributed by atoms with Crippen molar-refractivity contribution in [2.75, 3.05) is 13.1 Å². The first-order valence-corrected chi connectivity index (χ1v) is 8.95. The highest BCUT2D eigenvalue weighted by Gasteiger charge is 2.34. The maximum atomic E-state index is 14.4. The normalized spacial score (nSPS) is 16.8. The molecule has 1 fully saturated rings. The molecule has 4 rings (SSSR count). The molecule has 2 aromatic rings. The third-order valence-corrected chi connectivity index (χ3v) is 4.79. The first kappa shape index (κ1) is 18.2. The molecule has 0 saturated carbocycles. The summed E-state index contributed by atoms with van der Waals surface area (Å²) in [6, 6.07) is 3.91. The molecule has 1 N–H and O–H groups in total. The largest absolute Gasteiger partial charge is 0.487 e. The van der Waals surface area contributed by atoms with Crippen LogP contribution >= 0.6 is 0 Å². The number of pyridine rings is 1. The van der Waals surface area contributed by atoms with Gasteiger partial charge in [-0.2, -0.15) is 0 Å². The number of carboxylic acids is 1. The molecular formula is C20H19FN2O5. The summed E-state index contributed by atoms with van der Waals surface area (Å²) in [7, 11) is 0. The van der Waals surface area contributed by atoms with E-state index in [0.717, 1.165) is 12.5 Å². The SMILES string of the molecule is CC1(C)Cc2c(Oc3cnc(C(=O)N4CCC4)c(F)c3)cc(C(=O)O)cc2O1. The van der Waals surface area contributed by atoms with Crippen molar-refractivity contribution < 1.29 is 28.6 Å². The third-order valence-electron chi connectivity index (χ3n) is 4.79. The number of carboxylic acid groups (broad SMARTS) is 1. The van der Waals surface area contributed by atoms with Crippen LogP contribution < -0.4 is 9.47 Å². The topological polar surface area (TPSA) is 89.0 Å². The lowest BCUT2D eigenvalue weighted by Gasteiger charge is -2.30. The van der Waals surface area contributed by atoms with Crippen molar-refractivity contribution in [3.63, 3.8) is 0 Å². The number of benzene rings is 1. The van der Waals surface area contributed by atoms with Crippen LogP contribution in [0.3, 0.4) is 0 Å². The van der Waals surface area contributed by atoms with Gasteiger partial charge in [-0.1, -0.05) is 0 Å². The lowest BCUT2D eigenvalue weighted by atomic mass is 10.00. The van der Waals surface area contributed by atoms with Gasteiger partial charge >= 0.3 is 5.97 Å². The summed E-state index contributed by atoms with van der Waals surface area (Å²) in [5, 5.41) is 9.33. The van der Waals surface area contributed by atoms with Crippen LogP contribution in [-0.4, -0.2) is 45.6 Å². The van der Waals surface area contributed by atoms with E-state index in [9.17, 15) is 19.1 Å². The summed E-state index contributed by atoms with van der Waals surface area (Å²) in [5.74, 6) is -1.58. The maximum absolute atomic E-state index is 14.4. The van der Waals surface area contributed by atoms with Crippen LogP contribution in [0.5, 0.6) is 17.2 Å². The summed E-state index contributed by atoms with van der Waals surface area (Å²) < 4.78 is 26.0. The maximum Gasteiger partial charge on any atom is 0.335 e. The average Bonchev–Trinajstić information content (AvgIpc) is 2.87. The van der Waals surface area contributed by atoms with Gasteiger partial charge in [-0.3, -0.25) is 4.79 Å². The zero-order chi connectivity index (χ0) is 20.1. The van der Waals surface area contributed by atoms with E-state index in [2.05, 4.69) is 4.98 Å². The van der Waals surface area contributed by atoms with Crippen molar-refractivity contribution in [2.24, 2.45) is 0 Å². The Labute approximate surface area is 160 Å². The molecule has 1 amide bonds. The van der Waals surface area contributed by atoms with Crippen LogP contribution in [0, 0.1) is 5.82 Å². The first-order chi connectivity index (χ1) is 13.2. The highest BCUT2D eigenvalue weighted by atomic mass is 19.1. The van der Waals surface area contributed by atoms with Crippen molar-refractivity contribution in [3.8, 4) is 17.2 Å². The summed E-state index contributed by atoms with van der Waals surface area (Å²) in [4.78, 5) is 29.0. The minimum atomic E-state index is -1.12. The molecule has 1 aromatic heterocycles. The average molecular weight is 386 g/mol. The van der Waals surface area contributed by atoms with Gasteiger partial charge < -0.3 is 19.5 Å². The quantitative estimate of drug-likeness (QED) is 0.868. The second-order valence-corrected chi connectivity index (χ2v) is 7.54. The zero-order valence-corrected chi connectivity index (χ0v) is 15.5. The van der Waals surface area contributed by atoms with Gasteiger partial charge in [0, 0.05) is 31.1 Å². The number of aromatic nitrogens is 1. The zero-order valence-electron chi connectivity index (χ0n) is 15.5. The first-order valence-electron chi connectivity index (χ1n) is 8.95. The molecule has 2 aliphatic rings. The highest BCUT2D eigenvalue weighted by molar-refractivity contribution is 5.93. The van der Waals surface area contributed by atoms with Crippen molar-refractivity contribution >= 4 is 11.9 Å². The summed E-state index contributed by atoms with van der Waals surface area (Å²) in [6.07, 6.45) is 2.67. The number of aromatic carboxylic acids is 1. The number of fused-ring (bicyclic) bond motifs is 1. The van der Waals surface area contributed by atoms with Gasteiger partial charge in [-0.05, 0) is 32.4 Å². The Kier molecular flexibility index (Phi) is 4.21. The Morgan fingerprint density at radius 3 is 2.64 bits per heavy atom. The van der Waals surface area contributed by atoms with E-state index in [-0.39, 0.29) is 22.8 Å². The van der Waals surface area contributed by atoms with Gasteiger partial charge in [0.15, 0.2) is 11.5 Å². The molecular weight excluding hydrogens is 367 g/mol. The molecule has 0 bridgehead atoms. The molecule has 8 heteroatoms. The number of hydrogen-bond donors (Lipinski definition) is 1. The van der Waals surface area contributed by atoms with E-state index in [1.807, 2.05) is 13.8 Å². The molecule has 0 radical (unpaired) electrons. The summed E-state index contributed by atoms with van der Waals surface area (Å²) in [5.41, 5.74) is -0.0455. The predicted octanol–water partition coefficient (Wildman–Crippen LogP) is 3.27. The molecule has 2 aliphatic heterocycles. The van der Waals surface area contributed by atoms with E-state index in [0.29, 0.717) is 30.8 Å². The predicted molar refractivity (Wildman–Crippen MR) is 96.6 cm³/mol. The monoisotopic (exact) mass is 386 g/mol. The van der Waals surface area contributed by atoms with Crippen LogP contribution in [0.4, 0.5) is 4.39 Å². The van der Waals surface area contributed by atoms with Crippen molar-refractivity contribution in [3.05, 3.63) is 47.0 Å². The van der Waals surface area contributed by atoms with Crippen LogP contribution in [0.2, 0.25) is 0 Å². The van der Waals surface area contributed by atoms with Crippen LogP contribution in [0.25, 0.3) is 0 Å². The molecule has 0 spiro atoms. The summed E-state index contributed by atoms with van der Waals surface area (Å²) in [6.45, 7) is 4.97. The van der Waals surface area contributed by atoms with E-state index < -0.39 is 23.3 Å². The van der Waals surface area contributed by atoms with Gasteiger partial charge in [0.2, 0.25) is 0 Å². The lowest BCUT2D eigenvalue weighted by Crippen LogP contribution is -2.42. The number of nitrogens with zero attached hydrogens (tertiary/aromatic N) is 2. The molecule has 0 aliphatic carbocycles. The van der Waals surface area contributed by atoms with Crippen molar-refractivity contribution in [1.82, 2.24) is 9.88 Å². The second-order valence-electron chi connectivity index (χ2n) is 7.54. The minimum absolute atomic E-state index is 0.00413. The summed E-state index contributed by atoms with van der Waals surface area (Å²) >= 11 is 0. The smallest absolute Gasteiger partial charge is 0.335 e. The number of rotatable bonds is 4. The van der Waals surface area contributed by atoms with E-state index >= 15 is 0 Å². The Bertz CT molecular complexity index is 985. The number of amides is 1. The Morgan fingerprint density at radius 2 is 2.04 bits per heavy atom. The Hall–Kier alpha value is -3.16. The molecule has 3 heterocycles. The van der Waals surface area contributed by atoms with Crippen LogP contribution in [0.15, 0.2) is 24.4 Å². The Morgan fingerprint density at radius 1 is 1.29 bits per heavy atom. The van der Waals surface area contributed by atoms with Gasteiger partial charge in [0.25, 0.3) is 5.91 Å². The number of halogens is 1. The van der Waals surface area contributed by atoms with E-state index in [1.165, 1.54) is 23.2 Å². The lowest BCUT2D eigenvalue weighted by molar-refractivity contribution is 0.0638. The van der Waals surface area contributed by atoms with Gasteiger partial charge in [-0.25, -0.2) is 14.2 Å². The minimum Gasteiger partial charge on any atom is -0.487 e. The molecule has 0 atom stereocenters. The number of likely N-dealkylation sites (tertiary alicyclic amines) is 1. The van der Waals surface area contributed by atoms with Crippen LogP contribution in [-0.2, 0) is 6.42 Å². The Balaban J connectivity index is 1.65. The second kappa shape index (κ2) is 6.47. The van der Waals surface area contributed by atoms with Crippen molar-refractivity contribution in [2.45, 2.75) is 32.3 Å². The van der Waals surface area contributed by atoms with Gasteiger partial charge in [-0.15, -0.1) is 0 Å². The van der Waals surface area contributed by atoms with E-state index in [4.69, 9.17) is 9.47 Å². The number of ether oxygens (including phenoxy) is 2. The third kappa shape index (κ3) is 3.26. The number of hydrogen-bond acceptors (Lipinski definition) is 5. The fraction of sp³-hybridized carbons (Fsp3) is 0.350. The van der Waals surface area contributed by atoms with E-state index in [1.54, 1.807) is 0 Å². The van der Waals surface area contributed by atoms with Crippen molar-refractivity contribution in [1.29, 1.82) is 0 Å². The standard InChI is InChI=1S/C20H19FN2O5/c1-20(2)9-13-15(6-11(19(25)26)7-16(13)28-20)27-12-8-14(21)17(22-10-12)18(24)23-4-3-5-23/h6-8,10H,3-5,9H2,1-2H3,(H,25,26). The fourth-order valence-corrected chi connectivity index (χ4v) is 3.29. The molecule has 146 valence electrons. The molecule has 1 aromatic carbocycles. The van der Waals surface area contributed by atoms with Gasteiger partial charge in [0.1, 0.15) is 22.8 Å². The molecule has 1 saturated heterocycles. The molecule has 7 nitrogen and oxygen atoms in total.